The van der Waals surface area contributed by atoms with E-state index in [-0.39, 0.29) is 118 Å². The molecule has 2 unspecified atom stereocenters. The zero-order valence-corrected chi connectivity index (χ0v) is 36.7. The van der Waals surface area contributed by atoms with Crippen LogP contribution >= 0.6 is 0 Å². The quantitative estimate of drug-likeness (QED) is 0.109. The van der Waals surface area contributed by atoms with Crippen molar-refractivity contribution < 1.29 is 180 Å². The van der Waals surface area contributed by atoms with Crippen molar-refractivity contribution >= 4 is 74.8 Å². The van der Waals surface area contributed by atoms with Crippen LogP contribution in [0.1, 0.15) is 12.8 Å². The second-order valence-corrected chi connectivity index (χ2v) is 14.9. The molecule has 2 aliphatic carbocycles. The van der Waals surface area contributed by atoms with Crippen molar-refractivity contribution in [3.05, 3.63) is 59.7 Å². The van der Waals surface area contributed by atoms with Crippen LogP contribution in [0.25, 0.3) is 0 Å². The molecule has 0 radical (unpaired) electrons. The number of hydrazone groups is 2. The first kappa shape index (κ1) is 48.1. The summed E-state index contributed by atoms with van der Waals surface area (Å²) in [5.41, 5.74) is -0.729. The number of carbonyl (C=O) groups is 2. The Morgan fingerprint density at radius 3 is 1.17 bits per heavy atom. The molecule has 26 heteroatoms. The molecule has 0 aliphatic heterocycles. The summed E-state index contributed by atoms with van der Waals surface area (Å²) >= 11 is 0. The molecule has 0 fully saturated rings. The van der Waals surface area contributed by atoms with Crippen molar-refractivity contribution in [3.8, 4) is 0 Å². The van der Waals surface area contributed by atoms with Crippen LogP contribution in [-0.4, -0.2) is 85.4 Å². The van der Waals surface area contributed by atoms with Gasteiger partial charge in [0.15, 0.2) is 0 Å². The third kappa shape index (κ3) is 11.1. The van der Waals surface area contributed by atoms with Crippen LogP contribution in [0.5, 0.6) is 0 Å². The van der Waals surface area contributed by atoms with Crippen LogP contribution in [0.15, 0.2) is 79.7 Å². The zero-order chi connectivity index (χ0) is 32.8. The molecule has 0 saturated heterocycles. The summed E-state index contributed by atoms with van der Waals surface area (Å²) in [4.78, 5) is 25.1. The molecule has 0 spiro atoms. The standard InChI is InChI=1S/C22H20N4O14S4.4Na/c27-21-18-11(9-16(43(35,36)37)19(21)25-23-12-5-1-3-7-14(12)41(29,30)31)10-17(44(38,39)40)20(22(18)28)26-24-13-6-2-4-8-15(13)42(32,33)34;;;;/h1-8,16-17,23-24H,9-10H2,(H,29,30,31)(H,32,33,34)(H,35,36,37)(H,38,39,40);;;;/q;4*+1/p-4/b25-19-,26-20+;;;;. The Balaban J connectivity index is 0.00000552. The Labute approximate surface area is 363 Å². The molecule has 236 valence electrons. The zero-order valence-electron chi connectivity index (χ0n) is 25.4. The van der Waals surface area contributed by atoms with Crippen molar-refractivity contribution in [2.24, 2.45) is 10.2 Å². The van der Waals surface area contributed by atoms with Crippen molar-refractivity contribution in [1.29, 1.82) is 0 Å². The van der Waals surface area contributed by atoms with Gasteiger partial charge in [-0.15, -0.1) is 0 Å². The van der Waals surface area contributed by atoms with E-state index in [1.807, 2.05) is 10.9 Å². The van der Waals surface area contributed by atoms with Crippen molar-refractivity contribution in [2.75, 3.05) is 10.9 Å². The average molecular weight is 781 g/mol. The summed E-state index contributed by atoms with van der Waals surface area (Å²) in [6, 6.07) is 8.55. The SMILES string of the molecule is O=C1C2=C(CC(S(=O)(=O)[O-])/C1=N\Nc1ccccc1S(=O)(=O)[O-])CC(S(=O)(=O)[O-])/C(=N/Nc1ccccc1S(=O)(=O)[O-])C2=O.[Na+].[Na+].[Na+].[Na+]. The molecule has 2 atom stereocenters. The summed E-state index contributed by atoms with van der Waals surface area (Å²) in [6.07, 6.45) is -1.96. The Morgan fingerprint density at radius 2 is 0.875 bits per heavy atom. The van der Waals surface area contributed by atoms with E-state index >= 15 is 0 Å². The predicted molar refractivity (Wildman–Crippen MR) is 144 cm³/mol. The molecule has 0 amide bonds. The Kier molecular flexibility index (Phi) is 18.3. The third-order valence-electron chi connectivity index (χ3n) is 6.35. The summed E-state index contributed by atoms with van der Waals surface area (Å²) in [5.74, 6) is -3.07. The molecule has 48 heavy (non-hydrogen) atoms. The fourth-order valence-electron chi connectivity index (χ4n) is 4.42. The van der Waals surface area contributed by atoms with Gasteiger partial charge in [-0.1, -0.05) is 29.8 Å². The van der Waals surface area contributed by atoms with E-state index in [0.29, 0.717) is 0 Å². The normalized spacial score (nSPS) is 20.0. The molecular formula is C22H16N4Na4O14S4. The van der Waals surface area contributed by atoms with Crippen LogP contribution in [-0.2, 0) is 50.1 Å². The number of para-hydroxylation sites is 2. The van der Waals surface area contributed by atoms with Gasteiger partial charge in [-0.05, 0) is 37.1 Å². The van der Waals surface area contributed by atoms with Crippen LogP contribution in [0.4, 0.5) is 11.4 Å². The van der Waals surface area contributed by atoms with Gasteiger partial charge in [0.2, 0.25) is 11.6 Å². The molecule has 2 aromatic carbocycles. The molecular weight excluding hydrogens is 764 g/mol. The van der Waals surface area contributed by atoms with Crippen LogP contribution in [0.2, 0.25) is 0 Å². The first-order valence-electron chi connectivity index (χ1n) is 11.7. The molecule has 0 heterocycles. The minimum atomic E-state index is -5.47. The van der Waals surface area contributed by atoms with Crippen molar-refractivity contribution in [3.63, 3.8) is 0 Å². The number of hydrogen-bond donors (Lipinski definition) is 2. The molecule has 18 nitrogen and oxygen atoms in total. The van der Waals surface area contributed by atoms with Gasteiger partial charge in [0.25, 0.3) is 0 Å². The number of nitrogens with zero attached hydrogens (tertiary/aromatic N) is 2. The van der Waals surface area contributed by atoms with E-state index in [1.54, 1.807) is 0 Å². The molecule has 0 bridgehead atoms. The molecule has 2 aromatic rings. The van der Waals surface area contributed by atoms with Crippen LogP contribution in [0.3, 0.4) is 0 Å². The maximum Gasteiger partial charge on any atom is 1.00 e. The first-order valence-corrected chi connectivity index (χ1v) is 17.4. The number of hydrogen-bond acceptors (Lipinski definition) is 18. The fourth-order valence-corrected chi connectivity index (χ4v) is 7.35. The average Bonchev–Trinajstić information content (AvgIpc) is 2.89. The van der Waals surface area contributed by atoms with Gasteiger partial charge < -0.3 is 18.2 Å². The summed E-state index contributed by atoms with van der Waals surface area (Å²) in [6.45, 7) is 0. The molecule has 2 aliphatic rings. The maximum absolute atomic E-state index is 13.4. The van der Waals surface area contributed by atoms with Crippen molar-refractivity contribution in [1.82, 2.24) is 0 Å². The minimum absolute atomic E-state index is 0. The first-order chi connectivity index (χ1) is 20.2. The van der Waals surface area contributed by atoms with Gasteiger partial charge in [-0.25, -0.2) is 33.7 Å². The molecule has 4 rings (SSSR count). The second-order valence-electron chi connectivity index (χ2n) is 9.13. The molecule has 2 N–H and O–H groups in total. The number of Topliss-reactive ketones (excluding diaryl/α,β-unsaturated/α-hetero) is 2. The Morgan fingerprint density at radius 1 is 0.562 bits per heavy atom. The number of anilines is 2. The Hall–Kier alpha value is 0.100. The van der Waals surface area contributed by atoms with Gasteiger partial charge in [0, 0.05) is 0 Å². The fraction of sp³-hybridized carbons (Fsp3) is 0.182. The number of rotatable bonds is 8. The smallest absolute Gasteiger partial charge is 0.747 e. The molecule has 0 aromatic heterocycles. The van der Waals surface area contributed by atoms with E-state index in [2.05, 4.69) is 10.2 Å². The van der Waals surface area contributed by atoms with Crippen molar-refractivity contribution in [2.45, 2.75) is 33.1 Å². The van der Waals surface area contributed by atoms with Crippen LogP contribution in [0, 0.1) is 0 Å². The number of ketones is 2. The third-order valence-corrected chi connectivity index (χ3v) is 10.3. The minimum Gasteiger partial charge on any atom is -0.747 e. The second kappa shape index (κ2) is 18.2. The van der Waals surface area contributed by atoms with Gasteiger partial charge in [0.1, 0.15) is 62.4 Å². The van der Waals surface area contributed by atoms with E-state index < -0.39 is 119 Å². The number of allylic oxidation sites excluding steroid dienone is 2. The summed E-state index contributed by atoms with van der Waals surface area (Å²) in [7, 11) is -21.2. The largest absolute Gasteiger partial charge is 1.00 e. The maximum atomic E-state index is 13.4. The van der Waals surface area contributed by atoms with Gasteiger partial charge >= 0.3 is 118 Å². The van der Waals surface area contributed by atoms with Gasteiger partial charge in [-0.3, -0.25) is 20.4 Å². The topological polar surface area (TPSA) is 312 Å². The number of benzene rings is 2. The van der Waals surface area contributed by atoms with E-state index in [1.165, 1.54) is 12.1 Å². The predicted octanol–water partition coefficient (Wildman–Crippen LogP) is -13.2. The summed E-state index contributed by atoms with van der Waals surface area (Å²) in [5, 5.41) is 2.35. The van der Waals surface area contributed by atoms with E-state index in [0.717, 1.165) is 36.4 Å². The number of nitrogens with one attached hydrogen (secondary N) is 2. The summed E-state index contributed by atoms with van der Waals surface area (Å²) < 4.78 is 142. The van der Waals surface area contributed by atoms with Gasteiger partial charge in [-0.2, -0.15) is 10.2 Å². The monoisotopic (exact) mass is 780 g/mol. The Bertz CT molecular complexity index is 1990. The van der Waals surface area contributed by atoms with E-state index in [9.17, 15) is 61.5 Å². The van der Waals surface area contributed by atoms with Crippen LogP contribution < -0.4 is 129 Å². The van der Waals surface area contributed by atoms with E-state index in [4.69, 9.17) is 0 Å². The van der Waals surface area contributed by atoms with Gasteiger partial charge in [0.05, 0.1) is 26.7 Å². The molecule has 0 saturated carbocycles. The number of carbonyl (C=O) groups excluding carboxylic acids is 2.